The zero-order chi connectivity index (χ0) is 10.0. The van der Waals surface area contributed by atoms with Crippen LogP contribution in [-0.2, 0) is 0 Å². The van der Waals surface area contributed by atoms with Crippen LogP contribution >= 0.6 is 0 Å². The van der Waals surface area contributed by atoms with Gasteiger partial charge in [-0.05, 0) is 30.7 Å². The highest BCUT2D eigenvalue weighted by atomic mass is 16.1. The molecule has 3 heteroatoms. The summed E-state index contributed by atoms with van der Waals surface area (Å²) in [7, 11) is 3.86. The van der Waals surface area contributed by atoms with Crippen molar-refractivity contribution < 1.29 is 4.79 Å². The standard InChI is InChI=1S/C10H14N2O/c1-7-4-8(10(11)13)6-9(5-7)12(2)3/h4-6H,1-3H3,(H2,11,13). The van der Waals surface area contributed by atoms with Crippen LogP contribution < -0.4 is 10.6 Å². The van der Waals surface area contributed by atoms with E-state index >= 15 is 0 Å². The second-order valence-electron chi connectivity index (χ2n) is 3.32. The van der Waals surface area contributed by atoms with Crippen LogP contribution in [0.5, 0.6) is 0 Å². The largest absolute Gasteiger partial charge is 0.378 e. The molecule has 0 unspecified atom stereocenters. The van der Waals surface area contributed by atoms with Crippen molar-refractivity contribution in [1.29, 1.82) is 0 Å². The predicted octanol–water partition coefficient (Wildman–Crippen LogP) is 1.16. The number of aryl methyl sites for hydroxylation is 1. The summed E-state index contributed by atoms with van der Waals surface area (Å²) in [6, 6.07) is 5.58. The Balaban J connectivity index is 3.19. The second-order valence-corrected chi connectivity index (χ2v) is 3.32. The van der Waals surface area contributed by atoms with Crippen LogP contribution in [0.1, 0.15) is 15.9 Å². The SMILES string of the molecule is Cc1cc(C(N)=O)cc(N(C)C)c1. The fourth-order valence-corrected chi connectivity index (χ4v) is 1.16. The van der Waals surface area contributed by atoms with Gasteiger partial charge in [0.1, 0.15) is 0 Å². The molecule has 13 heavy (non-hydrogen) atoms. The lowest BCUT2D eigenvalue weighted by molar-refractivity contribution is 0.100. The van der Waals surface area contributed by atoms with Gasteiger partial charge in [-0.1, -0.05) is 0 Å². The van der Waals surface area contributed by atoms with Crippen molar-refractivity contribution in [2.75, 3.05) is 19.0 Å². The van der Waals surface area contributed by atoms with Gasteiger partial charge in [0.15, 0.2) is 0 Å². The Hall–Kier alpha value is -1.51. The number of amides is 1. The fraction of sp³-hybridized carbons (Fsp3) is 0.300. The van der Waals surface area contributed by atoms with Crippen molar-refractivity contribution in [3.8, 4) is 0 Å². The number of anilines is 1. The quantitative estimate of drug-likeness (QED) is 0.738. The number of hydrogen-bond acceptors (Lipinski definition) is 2. The van der Waals surface area contributed by atoms with Gasteiger partial charge in [0.05, 0.1) is 0 Å². The summed E-state index contributed by atoms with van der Waals surface area (Å²) in [6.45, 7) is 1.94. The van der Waals surface area contributed by atoms with Crippen LogP contribution in [0.15, 0.2) is 18.2 Å². The molecule has 0 radical (unpaired) electrons. The molecule has 2 N–H and O–H groups in total. The third kappa shape index (κ3) is 2.21. The van der Waals surface area contributed by atoms with E-state index in [-0.39, 0.29) is 5.91 Å². The van der Waals surface area contributed by atoms with E-state index in [2.05, 4.69) is 0 Å². The topological polar surface area (TPSA) is 46.3 Å². The van der Waals surface area contributed by atoms with Gasteiger partial charge in [0.2, 0.25) is 5.91 Å². The Labute approximate surface area is 78.2 Å². The summed E-state index contributed by atoms with van der Waals surface area (Å²) in [5, 5.41) is 0. The number of nitrogens with two attached hydrogens (primary N) is 1. The van der Waals surface area contributed by atoms with Gasteiger partial charge < -0.3 is 10.6 Å². The first-order valence-corrected chi connectivity index (χ1v) is 4.09. The first-order chi connectivity index (χ1) is 6.00. The van der Waals surface area contributed by atoms with Crippen LogP contribution in [0.25, 0.3) is 0 Å². The zero-order valence-corrected chi connectivity index (χ0v) is 8.16. The highest BCUT2D eigenvalue weighted by Crippen LogP contribution is 2.16. The van der Waals surface area contributed by atoms with Crippen LogP contribution in [0, 0.1) is 6.92 Å². The second kappa shape index (κ2) is 3.47. The molecular formula is C10H14N2O. The molecule has 0 heterocycles. The molecule has 70 valence electrons. The summed E-state index contributed by atoms with van der Waals surface area (Å²) < 4.78 is 0. The Morgan fingerprint density at radius 2 is 1.92 bits per heavy atom. The van der Waals surface area contributed by atoms with Crippen LogP contribution in [-0.4, -0.2) is 20.0 Å². The van der Waals surface area contributed by atoms with Crippen molar-refractivity contribution in [2.45, 2.75) is 6.92 Å². The number of nitrogens with zero attached hydrogens (tertiary/aromatic N) is 1. The molecule has 1 amide bonds. The molecule has 0 saturated carbocycles. The molecule has 1 rings (SSSR count). The number of primary amides is 1. The summed E-state index contributed by atoms with van der Waals surface area (Å²) in [5.74, 6) is -0.383. The molecule has 0 aliphatic rings. The summed E-state index contributed by atoms with van der Waals surface area (Å²) in [5.41, 5.74) is 7.79. The molecule has 0 saturated heterocycles. The van der Waals surface area contributed by atoms with E-state index in [9.17, 15) is 4.79 Å². The van der Waals surface area contributed by atoms with Crippen LogP contribution in [0.3, 0.4) is 0 Å². The Morgan fingerprint density at radius 1 is 1.31 bits per heavy atom. The van der Waals surface area contributed by atoms with Gasteiger partial charge in [-0.25, -0.2) is 0 Å². The summed E-state index contributed by atoms with van der Waals surface area (Å²) in [4.78, 5) is 12.9. The molecule has 0 spiro atoms. The molecule has 3 nitrogen and oxygen atoms in total. The minimum atomic E-state index is -0.383. The molecule has 0 atom stereocenters. The van der Waals surface area contributed by atoms with E-state index in [0.29, 0.717) is 5.56 Å². The van der Waals surface area contributed by atoms with E-state index in [0.717, 1.165) is 11.3 Å². The Bertz CT molecular complexity index is 332. The average molecular weight is 178 g/mol. The molecule has 0 fully saturated rings. The zero-order valence-electron chi connectivity index (χ0n) is 8.16. The fourth-order valence-electron chi connectivity index (χ4n) is 1.16. The minimum Gasteiger partial charge on any atom is -0.378 e. The van der Waals surface area contributed by atoms with E-state index in [1.807, 2.05) is 32.0 Å². The first kappa shape index (κ1) is 9.58. The highest BCUT2D eigenvalue weighted by molar-refractivity contribution is 5.94. The Kier molecular flexibility index (Phi) is 2.56. The highest BCUT2D eigenvalue weighted by Gasteiger charge is 2.04. The molecule has 1 aromatic rings. The monoisotopic (exact) mass is 178 g/mol. The molecule has 0 aromatic heterocycles. The maximum atomic E-state index is 10.9. The molecule has 1 aromatic carbocycles. The van der Waals surface area contributed by atoms with Crippen LogP contribution in [0.4, 0.5) is 5.69 Å². The summed E-state index contributed by atoms with van der Waals surface area (Å²) >= 11 is 0. The van der Waals surface area contributed by atoms with Crippen molar-refractivity contribution in [1.82, 2.24) is 0 Å². The number of carbonyl (C=O) groups is 1. The maximum Gasteiger partial charge on any atom is 0.248 e. The van der Waals surface area contributed by atoms with E-state index in [4.69, 9.17) is 5.73 Å². The average Bonchev–Trinajstić information content (AvgIpc) is 2.03. The van der Waals surface area contributed by atoms with Gasteiger partial charge >= 0.3 is 0 Å². The van der Waals surface area contributed by atoms with Gasteiger partial charge in [0.25, 0.3) is 0 Å². The van der Waals surface area contributed by atoms with E-state index in [1.165, 1.54) is 0 Å². The normalized spacial score (nSPS) is 9.77. The van der Waals surface area contributed by atoms with Crippen molar-refractivity contribution in [3.63, 3.8) is 0 Å². The lowest BCUT2D eigenvalue weighted by atomic mass is 10.1. The minimum absolute atomic E-state index is 0.383. The lowest BCUT2D eigenvalue weighted by Crippen LogP contribution is -2.14. The van der Waals surface area contributed by atoms with Gasteiger partial charge in [0, 0.05) is 25.3 Å². The molecule has 0 aliphatic heterocycles. The van der Waals surface area contributed by atoms with Crippen molar-refractivity contribution in [3.05, 3.63) is 29.3 Å². The summed E-state index contributed by atoms with van der Waals surface area (Å²) in [6.07, 6.45) is 0. The number of benzene rings is 1. The van der Waals surface area contributed by atoms with E-state index < -0.39 is 0 Å². The number of rotatable bonds is 2. The third-order valence-electron chi connectivity index (χ3n) is 1.86. The van der Waals surface area contributed by atoms with Gasteiger partial charge in [-0.3, -0.25) is 4.79 Å². The van der Waals surface area contributed by atoms with Crippen LogP contribution in [0.2, 0.25) is 0 Å². The Morgan fingerprint density at radius 3 is 2.38 bits per heavy atom. The molecule has 0 aliphatic carbocycles. The maximum absolute atomic E-state index is 10.9. The van der Waals surface area contributed by atoms with Crippen molar-refractivity contribution in [2.24, 2.45) is 5.73 Å². The van der Waals surface area contributed by atoms with E-state index in [1.54, 1.807) is 12.1 Å². The van der Waals surface area contributed by atoms with Crippen molar-refractivity contribution >= 4 is 11.6 Å². The predicted molar refractivity (Wildman–Crippen MR) is 54.0 cm³/mol. The number of carbonyl (C=O) groups excluding carboxylic acids is 1. The third-order valence-corrected chi connectivity index (χ3v) is 1.86. The molecule has 0 bridgehead atoms. The van der Waals surface area contributed by atoms with Gasteiger partial charge in [-0.2, -0.15) is 0 Å². The number of hydrogen-bond donors (Lipinski definition) is 1. The lowest BCUT2D eigenvalue weighted by Gasteiger charge is -2.13. The molecular weight excluding hydrogens is 164 g/mol. The van der Waals surface area contributed by atoms with Gasteiger partial charge in [-0.15, -0.1) is 0 Å². The first-order valence-electron chi connectivity index (χ1n) is 4.09. The smallest absolute Gasteiger partial charge is 0.248 e.